The molecule has 3 rings (SSSR count). The highest BCUT2D eigenvalue weighted by molar-refractivity contribution is 9.10. The molecule has 0 aliphatic heterocycles. The van der Waals surface area contributed by atoms with Crippen molar-refractivity contribution in [1.82, 2.24) is 0 Å². The predicted molar refractivity (Wildman–Crippen MR) is 87.3 cm³/mol. The SMILES string of the molecule is CC1(C)CC=C(c2ccc3c(Br)cccc3c2)CC1. The van der Waals surface area contributed by atoms with E-state index in [0.29, 0.717) is 5.41 Å². The topological polar surface area (TPSA) is 0 Å². The summed E-state index contributed by atoms with van der Waals surface area (Å²) in [6.07, 6.45) is 6.11. The third kappa shape index (κ3) is 2.62. The zero-order valence-electron chi connectivity index (χ0n) is 11.5. The van der Waals surface area contributed by atoms with E-state index in [1.165, 1.54) is 45.6 Å². The second-order valence-electron chi connectivity index (χ2n) is 6.27. The molecule has 0 N–H and O–H groups in total. The van der Waals surface area contributed by atoms with Gasteiger partial charge in [0.05, 0.1) is 0 Å². The second kappa shape index (κ2) is 4.79. The van der Waals surface area contributed by atoms with Crippen LogP contribution >= 0.6 is 15.9 Å². The van der Waals surface area contributed by atoms with Crippen molar-refractivity contribution in [2.75, 3.05) is 0 Å². The van der Waals surface area contributed by atoms with E-state index >= 15 is 0 Å². The van der Waals surface area contributed by atoms with Gasteiger partial charge in [-0.25, -0.2) is 0 Å². The second-order valence-corrected chi connectivity index (χ2v) is 7.13. The molecule has 98 valence electrons. The average Bonchev–Trinajstić information content (AvgIpc) is 2.38. The van der Waals surface area contributed by atoms with E-state index in [4.69, 9.17) is 0 Å². The van der Waals surface area contributed by atoms with Crippen LogP contribution in [0.2, 0.25) is 0 Å². The maximum atomic E-state index is 3.62. The van der Waals surface area contributed by atoms with Gasteiger partial charge >= 0.3 is 0 Å². The van der Waals surface area contributed by atoms with Gasteiger partial charge in [-0.2, -0.15) is 0 Å². The molecule has 0 aromatic heterocycles. The van der Waals surface area contributed by atoms with Gasteiger partial charge in [-0.3, -0.25) is 0 Å². The van der Waals surface area contributed by atoms with E-state index in [0.717, 1.165) is 0 Å². The van der Waals surface area contributed by atoms with E-state index in [9.17, 15) is 0 Å². The van der Waals surface area contributed by atoms with Crippen molar-refractivity contribution in [3.8, 4) is 0 Å². The van der Waals surface area contributed by atoms with Crippen LogP contribution in [0.15, 0.2) is 46.9 Å². The summed E-state index contributed by atoms with van der Waals surface area (Å²) in [7, 11) is 0. The fourth-order valence-corrected chi connectivity index (χ4v) is 3.30. The molecule has 0 saturated carbocycles. The third-order valence-electron chi connectivity index (χ3n) is 4.17. The van der Waals surface area contributed by atoms with E-state index in [-0.39, 0.29) is 0 Å². The van der Waals surface area contributed by atoms with Crippen LogP contribution in [-0.2, 0) is 0 Å². The first kappa shape index (κ1) is 12.9. The Bertz CT molecular complexity index is 650. The Balaban J connectivity index is 2.01. The van der Waals surface area contributed by atoms with Gasteiger partial charge < -0.3 is 0 Å². The van der Waals surface area contributed by atoms with E-state index < -0.39 is 0 Å². The summed E-state index contributed by atoms with van der Waals surface area (Å²) < 4.78 is 1.18. The van der Waals surface area contributed by atoms with Gasteiger partial charge in [0.1, 0.15) is 0 Å². The number of halogens is 1. The number of fused-ring (bicyclic) bond motifs is 1. The standard InChI is InChI=1S/C18H19Br/c1-18(2)10-8-13(9-11-18)14-6-7-16-15(12-14)4-3-5-17(16)19/h3-8,12H,9-11H2,1-2H3. The van der Waals surface area contributed by atoms with Gasteiger partial charge in [-0.15, -0.1) is 0 Å². The van der Waals surface area contributed by atoms with Crippen LogP contribution < -0.4 is 0 Å². The molecule has 0 radical (unpaired) electrons. The van der Waals surface area contributed by atoms with E-state index in [1.54, 1.807) is 0 Å². The number of rotatable bonds is 1. The molecule has 0 spiro atoms. The normalized spacial score (nSPS) is 18.4. The molecular formula is C18H19Br. The maximum Gasteiger partial charge on any atom is 0.0253 e. The van der Waals surface area contributed by atoms with Crippen LogP contribution in [-0.4, -0.2) is 0 Å². The lowest BCUT2D eigenvalue weighted by atomic mass is 9.77. The van der Waals surface area contributed by atoms with Gasteiger partial charge in [0.2, 0.25) is 0 Å². The van der Waals surface area contributed by atoms with Crippen molar-refractivity contribution in [3.05, 3.63) is 52.5 Å². The lowest BCUT2D eigenvalue weighted by Crippen LogP contribution is -2.13. The molecule has 2 aromatic rings. The average molecular weight is 315 g/mol. The Labute approximate surface area is 123 Å². The monoisotopic (exact) mass is 314 g/mol. The van der Waals surface area contributed by atoms with Gasteiger partial charge in [-0.1, -0.05) is 60.1 Å². The summed E-state index contributed by atoms with van der Waals surface area (Å²) in [5.41, 5.74) is 3.38. The third-order valence-corrected chi connectivity index (χ3v) is 4.86. The Hall–Kier alpha value is -1.08. The highest BCUT2D eigenvalue weighted by atomic mass is 79.9. The molecule has 2 aromatic carbocycles. The summed E-state index contributed by atoms with van der Waals surface area (Å²) in [5.74, 6) is 0. The molecule has 0 amide bonds. The zero-order chi connectivity index (χ0) is 13.5. The van der Waals surface area contributed by atoms with Crippen molar-refractivity contribution in [2.24, 2.45) is 5.41 Å². The van der Waals surface area contributed by atoms with Crippen LogP contribution in [0.1, 0.15) is 38.7 Å². The molecule has 0 unspecified atom stereocenters. The van der Waals surface area contributed by atoms with Crippen molar-refractivity contribution in [2.45, 2.75) is 33.1 Å². The number of hydrogen-bond acceptors (Lipinski definition) is 0. The highest BCUT2D eigenvalue weighted by Gasteiger charge is 2.21. The van der Waals surface area contributed by atoms with Crippen molar-refractivity contribution < 1.29 is 0 Å². The lowest BCUT2D eigenvalue weighted by molar-refractivity contribution is 0.335. The Kier molecular flexibility index (Phi) is 3.26. The maximum absolute atomic E-state index is 3.62. The minimum absolute atomic E-state index is 0.476. The van der Waals surface area contributed by atoms with Crippen molar-refractivity contribution >= 4 is 32.3 Å². The summed E-state index contributed by atoms with van der Waals surface area (Å²) in [6.45, 7) is 4.72. The lowest BCUT2D eigenvalue weighted by Gasteiger charge is -2.28. The van der Waals surface area contributed by atoms with Gasteiger partial charge in [0.15, 0.2) is 0 Å². The molecule has 0 bridgehead atoms. The summed E-state index contributed by atoms with van der Waals surface area (Å²) >= 11 is 3.62. The van der Waals surface area contributed by atoms with Crippen LogP contribution in [0, 0.1) is 5.41 Å². The van der Waals surface area contributed by atoms with Gasteiger partial charge in [0, 0.05) is 4.47 Å². The fraction of sp³-hybridized carbons (Fsp3) is 0.333. The zero-order valence-corrected chi connectivity index (χ0v) is 13.1. The first-order chi connectivity index (χ1) is 9.05. The number of benzene rings is 2. The van der Waals surface area contributed by atoms with E-state index in [2.05, 4.69) is 72.3 Å². The summed E-state index contributed by atoms with van der Waals surface area (Å²) in [6, 6.07) is 13.2. The minimum Gasteiger partial charge on any atom is -0.0802 e. The van der Waals surface area contributed by atoms with Crippen LogP contribution in [0.3, 0.4) is 0 Å². The van der Waals surface area contributed by atoms with Crippen LogP contribution in [0.25, 0.3) is 16.3 Å². The van der Waals surface area contributed by atoms with Crippen LogP contribution in [0.4, 0.5) is 0 Å². The molecule has 0 saturated heterocycles. The quantitative estimate of drug-likeness (QED) is 0.588. The van der Waals surface area contributed by atoms with Crippen LogP contribution in [0.5, 0.6) is 0 Å². The molecule has 0 atom stereocenters. The van der Waals surface area contributed by atoms with Crippen molar-refractivity contribution in [3.63, 3.8) is 0 Å². The first-order valence-electron chi connectivity index (χ1n) is 6.93. The Morgan fingerprint density at radius 2 is 1.95 bits per heavy atom. The minimum atomic E-state index is 0.476. The number of hydrogen-bond donors (Lipinski definition) is 0. The smallest absolute Gasteiger partial charge is 0.0253 e. The molecule has 1 aliphatic carbocycles. The van der Waals surface area contributed by atoms with Crippen molar-refractivity contribution in [1.29, 1.82) is 0 Å². The Morgan fingerprint density at radius 1 is 1.11 bits per heavy atom. The fourth-order valence-electron chi connectivity index (χ4n) is 2.78. The molecule has 0 nitrogen and oxygen atoms in total. The molecule has 1 heteroatoms. The largest absolute Gasteiger partial charge is 0.0802 e. The molecule has 0 heterocycles. The van der Waals surface area contributed by atoms with E-state index in [1.807, 2.05) is 0 Å². The first-order valence-corrected chi connectivity index (χ1v) is 7.72. The molecule has 1 aliphatic rings. The molecule has 0 fully saturated rings. The molecule has 19 heavy (non-hydrogen) atoms. The summed E-state index contributed by atoms with van der Waals surface area (Å²) in [5, 5.41) is 2.61. The molecular weight excluding hydrogens is 296 g/mol. The highest BCUT2D eigenvalue weighted by Crippen LogP contribution is 2.38. The van der Waals surface area contributed by atoms with Gasteiger partial charge in [-0.05, 0) is 58.7 Å². The number of allylic oxidation sites excluding steroid dienone is 2. The summed E-state index contributed by atoms with van der Waals surface area (Å²) in [4.78, 5) is 0. The predicted octanol–water partition coefficient (Wildman–Crippen LogP) is 6.20. The Morgan fingerprint density at radius 3 is 2.68 bits per heavy atom. The van der Waals surface area contributed by atoms with Gasteiger partial charge in [0.25, 0.3) is 0 Å².